The van der Waals surface area contributed by atoms with Crippen LogP contribution in [0.5, 0.6) is 0 Å². The zero-order valence-electron chi connectivity index (χ0n) is 6.77. The summed E-state index contributed by atoms with van der Waals surface area (Å²) >= 11 is 0. The molecule has 1 rings (SSSR count). The van der Waals surface area contributed by atoms with Crippen LogP contribution in [-0.2, 0) is 4.79 Å². The lowest BCUT2D eigenvalue weighted by Crippen LogP contribution is -2.39. The van der Waals surface area contributed by atoms with E-state index in [4.69, 9.17) is 0 Å². The first-order chi connectivity index (χ1) is 5.54. The Morgan fingerprint density at radius 2 is 1.83 bits per heavy atom. The van der Waals surface area contributed by atoms with E-state index in [1.807, 2.05) is 0 Å². The van der Waals surface area contributed by atoms with Crippen molar-refractivity contribution in [1.29, 1.82) is 0 Å². The van der Waals surface area contributed by atoms with Crippen molar-refractivity contribution in [3.05, 3.63) is 0 Å². The second-order valence-electron chi connectivity index (χ2n) is 3.35. The van der Waals surface area contributed by atoms with Gasteiger partial charge in [-0.05, 0) is 18.8 Å². The predicted molar refractivity (Wildman–Crippen MR) is 37.8 cm³/mol. The molecule has 1 saturated carbocycles. The molecule has 1 aliphatic carbocycles. The van der Waals surface area contributed by atoms with Crippen LogP contribution in [0.15, 0.2) is 0 Å². The molecule has 0 aliphatic heterocycles. The van der Waals surface area contributed by atoms with E-state index in [1.165, 1.54) is 0 Å². The molecule has 1 fully saturated rings. The third-order valence-corrected chi connectivity index (χ3v) is 2.46. The van der Waals surface area contributed by atoms with Crippen molar-refractivity contribution in [3.8, 4) is 0 Å². The molecule has 0 saturated heterocycles. The quantitative estimate of drug-likeness (QED) is 0.565. The summed E-state index contributed by atoms with van der Waals surface area (Å²) in [5.41, 5.74) is 0. The van der Waals surface area contributed by atoms with Gasteiger partial charge in [0.25, 0.3) is 0 Å². The van der Waals surface area contributed by atoms with Crippen molar-refractivity contribution < 1.29 is 18.0 Å². The monoisotopic (exact) mass is 180 g/mol. The second kappa shape index (κ2) is 3.46. The third kappa shape index (κ3) is 1.62. The van der Waals surface area contributed by atoms with Crippen LogP contribution in [0.1, 0.15) is 19.8 Å². The molecule has 0 heterocycles. The minimum atomic E-state index is -1.95. The van der Waals surface area contributed by atoms with E-state index in [-0.39, 0.29) is 6.42 Å². The Balaban J connectivity index is 2.65. The molecule has 4 unspecified atom stereocenters. The zero-order valence-corrected chi connectivity index (χ0v) is 6.77. The lowest BCUT2D eigenvalue weighted by Gasteiger charge is -2.30. The molecule has 70 valence electrons. The lowest BCUT2D eigenvalue weighted by atomic mass is 9.80. The molecule has 0 aromatic heterocycles. The van der Waals surface area contributed by atoms with E-state index in [0.29, 0.717) is 6.42 Å². The first kappa shape index (κ1) is 9.55. The minimum Gasteiger partial charge on any atom is -0.261 e. The van der Waals surface area contributed by atoms with E-state index >= 15 is 0 Å². The topological polar surface area (TPSA) is 17.1 Å². The Labute approximate surface area is 68.9 Å². The highest BCUT2D eigenvalue weighted by Gasteiger charge is 2.41. The molecule has 12 heavy (non-hydrogen) atoms. The summed E-state index contributed by atoms with van der Waals surface area (Å²) in [5, 5.41) is 0. The molecule has 1 aliphatic rings. The summed E-state index contributed by atoms with van der Waals surface area (Å²) < 4.78 is 37.9. The Morgan fingerprint density at radius 1 is 1.25 bits per heavy atom. The SMILES string of the molecule is CC1CCC(C(=O)F)C(F)C1F. The highest BCUT2D eigenvalue weighted by atomic mass is 19.2. The summed E-state index contributed by atoms with van der Waals surface area (Å²) in [6, 6.07) is -1.72. The lowest BCUT2D eigenvalue weighted by molar-refractivity contribution is -0.139. The summed E-state index contributed by atoms with van der Waals surface area (Å²) in [7, 11) is 0. The van der Waals surface area contributed by atoms with Crippen LogP contribution in [-0.4, -0.2) is 18.4 Å². The number of halogens is 3. The van der Waals surface area contributed by atoms with E-state index in [0.717, 1.165) is 0 Å². The van der Waals surface area contributed by atoms with Crippen molar-refractivity contribution in [1.82, 2.24) is 0 Å². The number of hydrogen-bond acceptors (Lipinski definition) is 1. The van der Waals surface area contributed by atoms with Crippen LogP contribution in [0.4, 0.5) is 13.2 Å². The van der Waals surface area contributed by atoms with Crippen molar-refractivity contribution >= 4 is 6.04 Å². The first-order valence-corrected chi connectivity index (χ1v) is 4.01. The van der Waals surface area contributed by atoms with Crippen LogP contribution in [0.3, 0.4) is 0 Å². The second-order valence-corrected chi connectivity index (χ2v) is 3.35. The Morgan fingerprint density at radius 3 is 2.33 bits per heavy atom. The molecule has 4 atom stereocenters. The summed E-state index contributed by atoms with van der Waals surface area (Å²) in [6.07, 6.45) is -3.14. The summed E-state index contributed by atoms with van der Waals surface area (Å²) in [4.78, 5) is 10.2. The van der Waals surface area contributed by atoms with Gasteiger partial charge in [-0.15, -0.1) is 0 Å². The average Bonchev–Trinajstić information content (AvgIpc) is 2.00. The average molecular weight is 180 g/mol. The Bertz CT molecular complexity index is 183. The molecule has 0 aromatic rings. The number of carbonyl (C=O) groups excluding carboxylic acids is 1. The van der Waals surface area contributed by atoms with Crippen LogP contribution in [0, 0.1) is 11.8 Å². The zero-order chi connectivity index (χ0) is 9.30. The fourth-order valence-corrected chi connectivity index (χ4v) is 1.54. The van der Waals surface area contributed by atoms with Gasteiger partial charge < -0.3 is 0 Å². The molecular formula is C8H11F3O. The molecular weight excluding hydrogens is 169 g/mol. The van der Waals surface area contributed by atoms with E-state index < -0.39 is 30.2 Å². The highest BCUT2D eigenvalue weighted by Crippen LogP contribution is 2.34. The van der Waals surface area contributed by atoms with Gasteiger partial charge in [0.1, 0.15) is 12.3 Å². The third-order valence-electron chi connectivity index (χ3n) is 2.46. The maximum atomic E-state index is 12.9. The molecule has 4 heteroatoms. The van der Waals surface area contributed by atoms with Gasteiger partial charge in [-0.2, -0.15) is 4.39 Å². The fourth-order valence-electron chi connectivity index (χ4n) is 1.54. The maximum Gasteiger partial charge on any atom is 0.307 e. The Hall–Kier alpha value is -0.540. The van der Waals surface area contributed by atoms with Crippen LogP contribution in [0.2, 0.25) is 0 Å². The van der Waals surface area contributed by atoms with E-state index in [2.05, 4.69) is 0 Å². The van der Waals surface area contributed by atoms with Crippen molar-refractivity contribution in [2.24, 2.45) is 11.8 Å². The maximum absolute atomic E-state index is 12.9. The van der Waals surface area contributed by atoms with Crippen LogP contribution < -0.4 is 0 Å². The van der Waals surface area contributed by atoms with Crippen LogP contribution in [0.25, 0.3) is 0 Å². The van der Waals surface area contributed by atoms with Crippen molar-refractivity contribution in [2.75, 3.05) is 0 Å². The van der Waals surface area contributed by atoms with Gasteiger partial charge in [0.2, 0.25) is 0 Å². The largest absolute Gasteiger partial charge is 0.307 e. The highest BCUT2D eigenvalue weighted by molar-refractivity contribution is 5.72. The van der Waals surface area contributed by atoms with Crippen molar-refractivity contribution in [2.45, 2.75) is 32.1 Å². The fraction of sp³-hybridized carbons (Fsp3) is 0.875. The number of rotatable bonds is 1. The molecule has 0 amide bonds. The predicted octanol–water partition coefficient (Wildman–Crippen LogP) is 2.20. The van der Waals surface area contributed by atoms with Crippen LogP contribution >= 0.6 is 0 Å². The Kier molecular flexibility index (Phi) is 2.75. The van der Waals surface area contributed by atoms with E-state index in [1.54, 1.807) is 6.92 Å². The van der Waals surface area contributed by atoms with E-state index in [9.17, 15) is 18.0 Å². The number of carbonyl (C=O) groups is 1. The van der Waals surface area contributed by atoms with Gasteiger partial charge >= 0.3 is 6.04 Å². The smallest absolute Gasteiger partial charge is 0.261 e. The van der Waals surface area contributed by atoms with Gasteiger partial charge in [-0.25, -0.2) is 8.78 Å². The molecule has 1 nitrogen and oxygen atoms in total. The summed E-state index contributed by atoms with van der Waals surface area (Å²) in [6.45, 7) is 1.57. The van der Waals surface area contributed by atoms with Gasteiger partial charge in [0.15, 0.2) is 0 Å². The van der Waals surface area contributed by atoms with Gasteiger partial charge in [-0.3, -0.25) is 4.79 Å². The molecule has 0 bridgehead atoms. The molecule has 0 spiro atoms. The summed E-state index contributed by atoms with van der Waals surface area (Å²) in [5.74, 6) is -1.77. The first-order valence-electron chi connectivity index (χ1n) is 4.01. The normalized spacial score (nSPS) is 42.7. The number of hydrogen-bond donors (Lipinski definition) is 0. The minimum absolute atomic E-state index is 0.123. The molecule has 0 aromatic carbocycles. The molecule has 0 radical (unpaired) electrons. The van der Waals surface area contributed by atoms with Gasteiger partial charge in [0, 0.05) is 0 Å². The molecule has 0 N–H and O–H groups in total. The van der Waals surface area contributed by atoms with Gasteiger partial charge in [-0.1, -0.05) is 6.92 Å². The van der Waals surface area contributed by atoms with Gasteiger partial charge in [0.05, 0.1) is 5.92 Å². The standard InChI is InChI=1S/C8H11F3O/c1-4-2-3-5(8(11)12)7(10)6(4)9/h4-7H,2-3H2,1H3. The number of alkyl halides is 2. The van der Waals surface area contributed by atoms with Crippen molar-refractivity contribution in [3.63, 3.8) is 0 Å².